The lowest BCUT2D eigenvalue weighted by Crippen LogP contribution is -2.42. The molecular formula is C18H19N3O3. The van der Waals surface area contributed by atoms with Gasteiger partial charge >= 0.3 is 0 Å². The number of hydrogen-bond acceptors (Lipinski definition) is 6. The molecule has 0 bridgehead atoms. The first-order valence-corrected chi connectivity index (χ1v) is 8.10. The summed E-state index contributed by atoms with van der Waals surface area (Å²) in [6, 6.07) is 7.43. The van der Waals surface area contributed by atoms with Crippen LogP contribution >= 0.6 is 0 Å². The molecule has 0 amide bonds. The summed E-state index contributed by atoms with van der Waals surface area (Å²) >= 11 is 0. The maximum absolute atomic E-state index is 9.92. The van der Waals surface area contributed by atoms with Crippen molar-refractivity contribution in [1.29, 1.82) is 0 Å². The Hall–Kier alpha value is -2.60. The highest BCUT2D eigenvalue weighted by Crippen LogP contribution is 2.32. The predicted molar refractivity (Wildman–Crippen MR) is 89.4 cm³/mol. The number of aromatic nitrogens is 2. The standard InChI is InChI=1S/C18H19N3O3/c1-12-11-21(7-6-14(12)22)18-19-10-13(15-4-2-8-23-15)17(20-18)16-5-3-9-24-16/h2-5,8-10,12,14,22H,6-7,11H2,1H3/t12-,14+/m0/s1. The zero-order chi connectivity index (χ0) is 16.5. The summed E-state index contributed by atoms with van der Waals surface area (Å²) < 4.78 is 11.1. The minimum atomic E-state index is -0.256. The number of nitrogens with zero attached hydrogens (tertiary/aromatic N) is 3. The molecule has 0 aliphatic carbocycles. The van der Waals surface area contributed by atoms with E-state index in [1.54, 1.807) is 18.7 Å². The zero-order valence-corrected chi connectivity index (χ0v) is 13.4. The Labute approximate surface area is 139 Å². The van der Waals surface area contributed by atoms with Gasteiger partial charge < -0.3 is 18.8 Å². The Morgan fingerprint density at radius 3 is 2.58 bits per heavy atom. The summed E-state index contributed by atoms with van der Waals surface area (Å²) in [6.45, 7) is 3.52. The molecule has 2 atom stereocenters. The molecule has 0 spiro atoms. The normalized spacial score (nSPS) is 21.2. The third-order valence-corrected chi connectivity index (χ3v) is 4.46. The van der Waals surface area contributed by atoms with Crippen molar-refractivity contribution in [2.75, 3.05) is 18.0 Å². The molecule has 0 aromatic carbocycles. The summed E-state index contributed by atoms with van der Waals surface area (Å²) in [7, 11) is 0. The molecule has 1 N–H and O–H groups in total. The largest absolute Gasteiger partial charge is 0.464 e. The first-order valence-electron chi connectivity index (χ1n) is 8.10. The maximum Gasteiger partial charge on any atom is 0.226 e. The van der Waals surface area contributed by atoms with Gasteiger partial charge in [0, 0.05) is 19.3 Å². The van der Waals surface area contributed by atoms with Gasteiger partial charge in [-0.3, -0.25) is 0 Å². The van der Waals surface area contributed by atoms with Gasteiger partial charge in [-0.2, -0.15) is 0 Å². The first kappa shape index (κ1) is 15.0. The van der Waals surface area contributed by atoms with Crippen molar-refractivity contribution in [1.82, 2.24) is 9.97 Å². The van der Waals surface area contributed by atoms with Crippen LogP contribution in [0.3, 0.4) is 0 Å². The molecule has 6 nitrogen and oxygen atoms in total. The lowest BCUT2D eigenvalue weighted by Gasteiger charge is -2.34. The number of rotatable bonds is 3. The van der Waals surface area contributed by atoms with Crippen LogP contribution < -0.4 is 4.90 Å². The van der Waals surface area contributed by atoms with E-state index in [2.05, 4.69) is 9.88 Å². The van der Waals surface area contributed by atoms with E-state index in [-0.39, 0.29) is 12.0 Å². The topological polar surface area (TPSA) is 75.5 Å². The summed E-state index contributed by atoms with van der Waals surface area (Å²) in [4.78, 5) is 11.4. The number of aliphatic hydroxyl groups excluding tert-OH is 1. The van der Waals surface area contributed by atoms with Gasteiger partial charge in [0.2, 0.25) is 5.95 Å². The van der Waals surface area contributed by atoms with E-state index in [1.807, 2.05) is 31.2 Å². The van der Waals surface area contributed by atoms with Gasteiger partial charge in [-0.15, -0.1) is 0 Å². The number of furan rings is 2. The van der Waals surface area contributed by atoms with Crippen molar-refractivity contribution < 1.29 is 13.9 Å². The zero-order valence-electron chi connectivity index (χ0n) is 13.4. The van der Waals surface area contributed by atoms with Crippen molar-refractivity contribution in [3.8, 4) is 22.8 Å². The Balaban J connectivity index is 1.74. The van der Waals surface area contributed by atoms with Gasteiger partial charge in [0.1, 0.15) is 11.5 Å². The third kappa shape index (κ3) is 2.69. The second-order valence-corrected chi connectivity index (χ2v) is 6.17. The Morgan fingerprint density at radius 1 is 1.17 bits per heavy atom. The molecular weight excluding hydrogens is 306 g/mol. The third-order valence-electron chi connectivity index (χ3n) is 4.46. The van der Waals surface area contributed by atoms with E-state index < -0.39 is 0 Å². The van der Waals surface area contributed by atoms with Crippen LogP contribution in [0.1, 0.15) is 13.3 Å². The summed E-state index contributed by atoms with van der Waals surface area (Å²) in [6.07, 6.45) is 5.49. The van der Waals surface area contributed by atoms with E-state index in [0.717, 1.165) is 25.1 Å². The molecule has 1 aliphatic heterocycles. The van der Waals surface area contributed by atoms with Crippen LogP contribution in [-0.2, 0) is 0 Å². The van der Waals surface area contributed by atoms with E-state index in [9.17, 15) is 5.11 Å². The molecule has 4 rings (SSSR count). The van der Waals surface area contributed by atoms with Crippen LogP contribution in [0.15, 0.2) is 51.8 Å². The van der Waals surface area contributed by atoms with Crippen molar-refractivity contribution in [2.24, 2.45) is 5.92 Å². The highest BCUT2D eigenvalue weighted by atomic mass is 16.3. The van der Waals surface area contributed by atoms with Crippen molar-refractivity contribution in [3.05, 3.63) is 43.0 Å². The summed E-state index contributed by atoms with van der Waals surface area (Å²) in [5.41, 5.74) is 1.50. The summed E-state index contributed by atoms with van der Waals surface area (Å²) in [5, 5.41) is 9.92. The van der Waals surface area contributed by atoms with E-state index in [4.69, 9.17) is 13.8 Å². The molecule has 0 saturated carbocycles. The molecule has 1 aliphatic rings. The Bertz CT molecular complexity index is 799. The predicted octanol–water partition coefficient (Wildman–Crippen LogP) is 3.20. The minimum Gasteiger partial charge on any atom is -0.464 e. The molecule has 0 unspecified atom stereocenters. The van der Waals surface area contributed by atoms with Crippen LogP contribution in [0.2, 0.25) is 0 Å². The number of hydrogen-bond donors (Lipinski definition) is 1. The van der Waals surface area contributed by atoms with Gasteiger partial charge in [-0.1, -0.05) is 6.92 Å². The van der Waals surface area contributed by atoms with Crippen LogP contribution in [0.4, 0.5) is 5.95 Å². The average Bonchev–Trinajstić information content (AvgIpc) is 3.30. The molecule has 1 saturated heterocycles. The summed E-state index contributed by atoms with van der Waals surface area (Å²) in [5.74, 6) is 2.22. The Kier molecular flexibility index (Phi) is 3.82. The molecule has 3 aromatic rings. The maximum atomic E-state index is 9.92. The van der Waals surface area contributed by atoms with Crippen LogP contribution in [0.25, 0.3) is 22.8 Å². The van der Waals surface area contributed by atoms with Crippen LogP contribution in [0, 0.1) is 5.92 Å². The van der Waals surface area contributed by atoms with Crippen LogP contribution in [-0.4, -0.2) is 34.3 Å². The van der Waals surface area contributed by atoms with Gasteiger partial charge in [-0.05, 0) is 36.6 Å². The second kappa shape index (κ2) is 6.13. The van der Waals surface area contributed by atoms with Gasteiger partial charge in [0.05, 0.1) is 24.2 Å². The van der Waals surface area contributed by atoms with Crippen LogP contribution in [0.5, 0.6) is 0 Å². The Morgan fingerprint density at radius 2 is 1.92 bits per heavy atom. The first-order chi connectivity index (χ1) is 11.7. The monoisotopic (exact) mass is 325 g/mol. The minimum absolute atomic E-state index is 0.194. The number of anilines is 1. The van der Waals surface area contributed by atoms with E-state index in [1.165, 1.54) is 0 Å². The second-order valence-electron chi connectivity index (χ2n) is 6.17. The molecule has 3 aromatic heterocycles. The number of aliphatic hydroxyl groups is 1. The van der Waals surface area contributed by atoms with Crippen molar-refractivity contribution in [3.63, 3.8) is 0 Å². The van der Waals surface area contributed by atoms with Crippen molar-refractivity contribution >= 4 is 5.95 Å². The lowest BCUT2D eigenvalue weighted by atomic mass is 9.97. The molecule has 6 heteroatoms. The average molecular weight is 325 g/mol. The molecule has 4 heterocycles. The van der Waals surface area contributed by atoms with Gasteiger partial charge in [0.15, 0.2) is 5.76 Å². The van der Waals surface area contributed by atoms with Crippen molar-refractivity contribution in [2.45, 2.75) is 19.4 Å². The molecule has 124 valence electrons. The fourth-order valence-electron chi connectivity index (χ4n) is 3.05. The lowest BCUT2D eigenvalue weighted by molar-refractivity contribution is 0.0966. The smallest absolute Gasteiger partial charge is 0.226 e. The van der Waals surface area contributed by atoms with E-state index in [0.29, 0.717) is 23.2 Å². The SMILES string of the molecule is C[C@H]1CN(c2ncc(-c3ccco3)c(-c3ccco3)n2)CC[C@H]1O. The van der Waals surface area contributed by atoms with Gasteiger partial charge in [0.25, 0.3) is 0 Å². The fraction of sp³-hybridized carbons (Fsp3) is 0.333. The highest BCUT2D eigenvalue weighted by Gasteiger charge is 2.26. The molecule has 0 radical (unpaired) electrons. The molecule has 24 heavy (non-hydrogen) atoms. The molecule has 1 fully saturated rings. The van der Waals surface area contributed by atoms with Gasteiger partial charge in [-0.25, -0.2) is 9.97 Å². The fourth-order valence-corrected chi connectivity index (χ4v) is 3.05. The van der Waals surface area contributed by atoms with E-state index >= 15 is 0 Å². The number of piperidine rings is 1. The quantitative estimate of drug-likeness (QED) is 0.797. The highest BCUT2D eigenvalue weighted by molar-refractivity contribution is 5.75.